The minimum Gasteiger partial charge on any atom is -0.458 e. The van der Waals surface area contributed by atoms with E-state index in [9.17, 15) is 0 Å². The van der Waals surface area contributed by atoms with Crippen LogP contribution >= 0.6 is 0 Å². The summed E-state index contributed by atoms with van der Waals surface area (Å²) in [7, 11) is 1.61. The fourth-order valence-corrected chi connectivity index (χ4v) is 1.02. The third kappa shape index (κ3) is 2.47. The van der Waals surface area contributed by atoms with E-state index in [4.69, 9.17) is 9.15 Å². The monoisotopic (exact) mass is 207 g/mol. The molecular formula is C8H9N5O2. The average molecular weight is 207 g/mol. The Morgan fingerprint density at radius 2 is 2.53 bits per heavy atom. The molecule has 0 amide bonds. The fourth-order valence-electron chi connectivity index (χ4n) is 1.02. The van der Waals surface area contributed by atoms with E-state index in [1.54, 1.807) is 13.2 Å². The predicted molar refractivity (Wildman–Crippen MR) is 50.9 cm³/mol. The molecule has 0 fully saturated rings. The lowest BCUT2D eigenvalue weighted by molar-refractivity contribution is 0.164. The molecule has 15 heavy (non-hydrogen) atoms. The predicted octanol–water partition coefficient (Wildman–Crippen LogP) is 0.690. The molecule has 0 atom stereocenters. The first-order valence-electron chi connectivity index (χ1n) is 4.23. The van der Waals surface area contributed by atoms with Gasteiger partial charge in [0, 0.05) is 7.11 Å². The summed E-state index contributed by atoms with van der Waals surface area (Å²) < 4.78 is 10.3. The molecule has 0 saturated carbocycles. The smallest absolute Gasteiger partial charge is 0.288 e. The van der Waals surface area contributed by atoms with E-state index in [1.165, 1.54) is 6.21 Å². The summed E-state index contributed by atoms with van der Waals surface area (Å²) >= 11 is 0. The standard InChI is InChI=1S/C8H9N5O2/c1-14-5-7-3-2-6(15-7)4-9-8-10-12-13-11-8/h2-4H,5H2,1H3,(H,10,11,12,13). The number of methoxy groups -OCH3 is 1. The number of ether oxygens (including phenoxy) is 1. The normalized spacial score (nSPS) is 11.3. The molecule has 1 N–H and O–H groups in total. The lowest BCUT2D eigenvalue weighted by atomic mass is 10.4. The molecule has 2 aromatic heterocycles. The molecule has 0 radical (unpaired) electrons. The lowest BCUT2D eigenvalue weighted by Crippen LogP contribution is -1.82. The summed E-state index contributed by atoms with van der Waals surface area (Å²) in [5, 5.41) is 13.0. The minimum atomic E-state index is 0.264. The molecule has 78 valence electrons. The third-order valence-corrected chi connectivity index (χ3v) is 1.61. The van der Waals surface area contributed by atoms with Crippen LogP contribution in [-0.4, -0.2) is 33.9 Å². The van der Waals surface area contributed by atoms with E-state index >= 15 is 0 Å². The zero-order valence-electron chi connectivity index (χ0n) is 8.04. The molecule has 0 aliphatic heterocycles. The Hall–Kier alpha value is -2.02. The first kappa shape index (κ1) is 9.53. The van der Waals surface area contributed by atoms with Crippen LogP contribution in [-0.2, 0) is 11.3 Å². The first-order chi connectivity index (χ1) is 7.38. The van der Waals surface area contributed by atoms with Gasteiger partial charge < -0.3 is 9.15 Å². The van der Waals surface area contributed by atoms with Gasteiger partial charge in [0.05, 0.1) is 6.21 Å². The largest absolute Gasteiger partial charge is 0.458 e. The maximum Gasteiger partial charge on any atom is 0.288 e. The number of hydrogen-bond acceptors (Lipinski definition) is 6. The molecule has 7 heteroatoms. The fraction of sp³-hybridized carbons (Fsp3) is 0.250. The van der Waals surface area contributed by atoms with Crippen LogP contribution in [0.4, 0.5) is 5.95 Å². The Bertz CT molecular complexity index is 434. The van der Waals surface area contributed by atoms with Gasteiger partial charge in [0.2, 0.25) is 0 Å². The maximum absolute atomic E-state index is 5.36. The van der Waals surface area contributed by atoms with E-state index in [0.29, 0.717) is 12.4 Å². The van der Waals surface area contributed by atoms with Crippen LogP contribution in [0.3, 0.4) is 0 Å². The summed E-state index contributed by atoms with van der Waals surface area (Å²) in [5.74, 6) is 1.62. The van der Waals surface area contributed by atoms with E-state index < -0.39 is 0 Å². The molecule has 0 saturated heterocycles. The lowest BCUT2D eigenvalue weighted by Gasteiger charge is -1.90. The molecule has 2 aromatic rings. The summed E-state index contributed by atoms with van der Waals surface area (Å²) in [6, 6.07) is 3.61. The SMILES string of the molecule is COCc1ccc(C=Nc2nn[nH]n2)o1. The highest BCUT2D eigenvalue weighted by Gasteiger charge is 1.99. The highest BCUT2D eigenvalue weighted by atomic mass is 16.5. The van der Waals surface area contributed by atoms with Gasteiger partial charge in [-0.2, -0.15) is 5.21 Å². The van der Waals surface area contributed by atoms with Gasteiger partial charge in [-0.25, -0.2) is 4.99 Å². The Kier molecular flexibility index (Phi) is 2.84. The molecule has 7 nitrogen and oxygen atoms in total. The highest BCUT2D eigenvalue weighted by molar-refractivity contribution is 5.77. The van der Waals surface area contributed by atoms with Gasteiger partial charge >= 0.3 is 0 Å². The first-order valence-corrected chi connectivity index (χ1v) is 4.23. The van der Waals surface area contributed by atoms with Crippen LogP contribution in [0.25, 0.3) is 0 Å². The van der Waals surface area contributed by atoms with Crippen molar-refractivity contribution in [3.63, 3.8) is 0 Å². The van der Waals surface area contributed by atoms with Crippen molar-refractivity contribution in [2.75, 3.05) is 7.11 Å². The second kappa shape index (κ2) is 4.47. The summed E-state index contributed by atoms with van der Waals surface area (Å²) in [4.78, 5) is 3.93. The Labute approximate surface area is 85.2 Å². The Morgan fingerprint density at radius 3 is 3.27 bits per heavy atom. The van der Waals surface area contributed by atoms with Gasteiger partial charge in [0.1, 0.15) is 18.1 Å². The molecule has 0 spiro atoms. The van der Waals surface area contributed by atoms with Crippen LogP contribution in [0.2, 0.25) is 0 Å². The van der Waals surface area contributed by atoms with Gasteiger partial charge in [0.15, 0.2) is 0 Å². The van der Waals surface area contributed by atoms with Crippen LogP contribution in [0.1, 0.15) is 11.5 Å². The van der Waals surface area contributed by atoms with Crippen molar-refractivity contribution in [3.05, 3.63) is 23.7 Å². The number of nitrogens with zero attached hydrogens (tertiary/aromatic N) is 4. The topological polar surface area (TPSA) is 89.2 Å². The van der Waals surface area contributed by atoms with Crippen molar-refractivity contribution in [2.24, 2.45) is 4.99 Å². The van der Waals surface area contributed by atoms with E-state index in [2.05, 4.69) is 25.6 Å². The van der Waals surface area contributed by atoms with Gasteiger partial charge in [-0.3, -0.25) is 0 Å². The molecular weight excluding hydrogens is 198 g/mol. The third-order valence-electron chi connectivity index (χ3n) is 1.61. The summed E-state index contributed by atoms with van der Waals surface area (Å²) in [6.07, 6.45) is 1.52. The number of H-pyrrole nitrogens is 1. The molecule has 0 bridgehead atoms. The van der Waals surface area contributed by atoms with Crippen LogP contribution in [0, 0.1) is 0 Å². The second-order valence-corrected chi connectivity index (χ2v) is 2.71. The number of nitrogens with one attached hydrogen (secondary N) is 1. The van der Waals surface area contributed by atoms with Gasteiger partial charge in [-0.05, 0) is 17.3 Å². The number of hydrogen-bond donors (Lipinski definition) is 1. The van der Waals surface area contributed by atoms with Crippen LogP contribution in [0.5, 0.6) is 0 Å². The minimum absolute atomic E-state index is 0.264. The van der Waals surface area contributed by atoms with Crippen molar-refractivity contribution in [1.82, 2.24) is 20.6 Å². The number of aromatic nitrogens is 4. The van der Waals surface area contributed by atoms with Crippen molar-refractivity contribution in [2.45, 2.75) is 6.61 Å². The number of aliphatic imine (C=N–C) groups is 1. The molecule has 2 heterocycles. The maximum atomic E-state index is 5.36. The zero-order valence-corrected chi connectivity index (χ0v) is 8.04. The molecule has 0 aliphatic rings. The molecule has 2 rings (SSSR count). The second-order valence-electron chi connectivity index (χ2n) is 2.71. The van der Waals surface area contributed by atoms with Crippen LogP contribution in [0.15, 0.2) is 21.5 Å². The van der Waals surface area contributed by atoms with E-state index in [1.807, 2.05) is 6.07 Å². The van der Waals surface area contributed by atoms with E-state index in [0.717, 1.165) is 5.76 Å². The quantitative estimate of drug-likeness (QED) is 0.745. The van der Waals surface area contributed by atoms with Crippen molar-refractivity contribution in [1.29, 1.82) is 0 Å². The highest BCUT2D eigenvalue weighted by Crippen LogP contribution is 2.07. The average Bonchev–Trinajstić information content (AvgIpc) is 2.85. The number of aromatic amines is 1. The zero-order chi connectivity index (χ0) is 10.5. The molecule has 0 aliphatic carbocycles. The number of rotatable bonds is 4. The van der Waals surface area contributed by atoms with Crippen LogP contribution < -0.4 is 0 Å². The van der Waals surface area contributed by atoms with Gasteiger partial charge in [-0.1, -0.05) is 5.10 Å². The van der Waals surface area contributed by atoms with E-state index in [-0.39, 0.29) is 5.95 Å². The van der Waals surface area contributed by atoms with Crippen molar-refractivity contribution in [3.8, 4) is 0 Å². The Balaban J connectivity index is 2.04. The number of furan rings is 1. The Morgan fingerprint density at radius 1 is 1.60 bits per heavy atom. The molecule has 0 aromatic carbocycles. The van der Waals surface area contributed by atoms with Crippen molar-refractivity contribution < 1.29 is 9.15 Å². The van der Waals surface area contributed by atoms with Gasteiger partial charge in [0.25, 0.3) is 5.95 Å². The number of tetrazole rings is 1. The summed E-state index contributed by atoms with van der Waals surface area (Å²) in [6.45, 7) is 0.441. The summed E-state index contributed by atoms with van der Waals surface area (Å²) in [5.41, 5.74) is 0. The van der Waals surface area contributed by atoms with Crippen molar-refractivity contribution >= 4 is 12.2 Å². The van der Waals surface area contributed by atoms with Gasteiger partial charge in [-0.15, -0.1) is 5.10 Å². The molecule has 0 unspecified atom stereocenters.